The molecule has 1 amide bonds. The van der Waals surface area contributed by atoms with E-state index in [1.165, 1.54) is 0 Å². The predicted octanol–water partition coefficient (Wildman–Crippen LogP) is 3.12. The molecule has 0 bridgehead atoms. The predicted molar refractivity (Wildman–Crippen MR) is 81.7 cm³/mol. The molecule has 2 rings (SSSR count). The van der Waals surface area contributed by atoms with E-state index >= 15 is 0 Å². The van der Waals surface area contributed by atoms with Crippen LogP contribution >= 0.6 is 11.3 Å². The van der Waals surface area contributed by atoms with Gasteiger partial charge in [-0.15, -0.1) is 0 Å². The molecule has 0 fully saturated rings. The van der Waals surface area contributed by atoms with E-state index in [-0.39, 0.29) is 5.91 Å². The van der Waals surface area contributed by atoms with Gasteiger partial charge in [-0.05, 0) is 43.2 Å². The third kappa shape index (κ3) is 3.70. The van der Waals surface area contributed by atoms with Gasteiger partial charge in [0.05, 0.1) is 12.6 Å². The Balaban J connectivity index is 1.98. The number of hydrogen-bond acceptors (Lipinski definition) is 3. The number of carbonyl (C=O) groups is 1. The first-order valence-corrected chi connectivity index (χ1v) is 7.86. The lowest BCUT2D eigenvalue weighted by Crippen LogP contribution is -2.31. The highest BCUT2D eigenvalue weighted by Gasteiger charge is 2.14. The monoisotopic (exact) mass is 291 g/mol. The van der Waals surface area contributed by atoms with Crippen molar-refractivity contribution in [3.63, 3.8) is 0 Å². The van der Waals surface area contributed by atoms with Gasteiger partial charge in [0.1, 0.15) is 0 Å². The normalized spacial score (nSPS) is 11.0. The number of carbonyl (C=O) groups excluding carboxylic acids is 1. The molecule has 2 aromatic heterocycles. The highest BCUT2D eigenvalue weighted by molar-refractivity contribution is 7.07. The lowest BCUT2D eigenvalue weighted by molar-refractivity contribution is -0.130. The first kappa shape index (κ1) is 14.8. The molecule has 0 aliphatic rings. The summed E-state index contributed by atoms with van der Waals surface area (Å²) in [4.78, 5) is 14.2. The highest BCUT2D eigenvalue weighted by atomic mass is 32.1. The number of rotatable bonds is 6. The fraction of sp³-hybridized carbons (Fsp3) is 0.467. The fourth-order valence-electron chi connectivity index (χ4n) is 2.02. The molecule has 0 aromatic carbocycles. The molecule has 2 aromatic rings. The minimum atomic E-state index is 0.170. The van der Waals surface area contributed by atoms with Crippen LogP contribution in [-0.2, 0) is 17.8 Å². The van der Waals surface area contributed by atoms with Crippen LogP contribution in [0.4, 0.5) is 0 Å². The van der Waals surface area contributed by atoms with Gasteiger partial charge >= 0.3 is 0 Å². The van der Waals surface area contributed by atoms with E-state index < -0.39 is 0 Å². The van der Waals surface area contributed by atoms with Crippen LogP contribution in [0.1, 0.15) is 37.9 Å². The minimum absolute atomic E-state index is 0.170. The van der Waals surface area contributed by atoms with E-state index in [4.69, 9.17) is 0 Å². The van der Waals surface area contributed by atoms with Crippen LogP contribution in [0.3, 0.4) is 0 Å². The maximum atomic E-state index is 12.3. The Hall–Kier alpha value is -1.62. The Morgan fingerprint density at radius 3 is 2.80 bits per heavy atom. The highest BCUT2D eigenvalue weighted by Crippen LogP contribution is 2.12. The van der Waals surface area contributed by atoms with Crippen LogP contribution in [0.15, 0.2) is 29.2 Å². The van der Waals surface area contributed by atoms with Gasteiger partial charge < -0.3 is 4.90 Å². The van der Waals surface area contributed by atoms with E-state index in [2.05, 4.69) is 18.9 Å². The van der Waals surface area contributed by atoms with E-state index in [0.717, 1.165) is 17.7 Å². The minimum Gasteiger partial charge on any atom is -0.338 e. The molecule has 108 valence electrons. The lowest BCUT2D eigenvalue weighted by atomic mass is 10.2. The lowest BCUT2D eigenvalue weighted by Gasteiger charge is -2.20. The maximum Gasteiger partial charge on any atom is 0.227 e. The van der Waals surface area contributed by atoms with Gasteiger partial charge in [-0.25, -0.2) is 0 Å². The molecule has 0 N–H and O–H groups in total. The summed E-state index contributed by atoms with van der Waals surface area (Å²) in [6, 6.07) is 2.35. The second-order valence-corrected chi connectivity index (χ2v) is 5.92. The average Bonchev–Trinajstić information content (AvgIpc) is 3.06. The Labute approximate surface area is 124 Å². The molecule has 5 heteroatoms. The van der Waals surface area contributed by atoms with E-state index in [1.54, 1.807) is 11.3 Å². The van der Waals surface area contributed by atoms with Crippen LogP contribution in [0, 0.1) is 0 Å². The molecular weight excluding hydrogens is 270 g/mol. The van der Waals surface area contributed by atoms with Crippen molar-refractivity contribution in [2.75, 3.05) is 6.54 Å². The summed E-state index contributed by atoms with van der Waals surface area (Å²) in [5, 5.41) is 8.35. The van der Waals surface area contributed by atoms with Gasteiger partial charge in [0.25, 0.3) is 0 Å². The maximum absolute atomic E-state index is 12.3. The zero-order valence-electron chi connectivity index (χ0n) is 12.2. The Bertz CT molecular complexity index is 545. The zero-order valence-corrected chi connectivity index (χ0v) is 13.1. The van der Waals surface area contributed by atoms with Crippen molar-refractivity contribution in [1.82, 2.24) is 14.7 Å². The zero-order chi connectivity index (χ0) is 14.5. The summed E-state index contributed by atoms with van der Waals surface area (Å²) in [5.41, 5.74) is 2.18. The molecule has 0 saturated carbocycles. The van der Waals surface area contributed by atoms with Crippen LogP contribution in [-0.4, -0.2) is 27.1 Å². The number of thiophene rings is 1. The number of aromatic nitrogens is 2. The summed E-state index contributed by atoms with van der Waals surface area (Å²) in [6.45, 7) is 7.55. The summed E-state index contributed by atoms with van der Waals surface area (Å²) < 4.78 is 1.92. The number of hydrogen-bond donors (Lipinski definition) is 0. The Morgan fingerprint density at radius 2 is 2.25 bits per heavy atom. The smallest absolute Gasteiger partial charge is 0.227 e. The van der Waals surface area contributed by atoms with Crippen LogP contribution in [0.25, 0.3) is 0 Å². The Morgan fingerprint density at radius 1 is 1.45 bits per heavy atom. The number of amides is 1. The third-order valence-electron chi connectivity index (χ3n) is 3.23. The first-order valence-electron chi connectivity index (χ1n) is 6.92. The van der Waals surface area contributed by atoms with E-state index in [1.807, 2.05) is 45.7 Å². The summed E-state index contributed by atoms with van der Waals surface area (Å²) in [6.07, 6.45) is 4.35. The van der Waals surface area contributed by atoms with Crippen LogP contribution < -0.4 is 0 Å². The van der Waals surface area contributed by atoms with Crippen molar-refractivity contribution in [1.29, 1.82) is 0 Å². The average molecular weight is 291 g/mol. The summed E-state index contributed by atoms with van der Waals surface area (Å²) in [7, 11) is 0. The molecule has 0 saturated heterocycles. The Kier molecular flexibility index (Phi) is 4.95. The third-order valence-corrected chi connectivity index (χ3v) is 3.96. The molecule has 20 heavy (non-hydrogen) atoms. The van der Waals surface area contributed by atoms with Gasteiger partial charge in [-0.1, -0.05) is 0 Å². The number of nitrogens with zero attached hydrogens (tertiary/aromatic N) is 3. The van der Waals surface area contributed by atoms with E-state index in [0.29, 0.717) is 19.0 Å². The summed E-state index contributed by atoms with van der Waals surface area (Å²) >= 11 is 1.63. The van der Waals surface area contributed by atoms with Gasteiger partial charge in [-0.3, -0.25) is 9.48 Å². The second kappa shape index (κ2) is 6.70. The molecular formula is C15H21N3OS. The van der Waals surface area contributed by atoms with Crippen molar-refractivity contribution in [2.24, 2.45) is 0 Å². The molecule has 2 heterocycles. The van der Waals surface area contributed by atoms with Crippen LogP contribution in [0.2, 0.25) is 0 Å². The number of likely N-dealkylation sites (N-methyl/N-ethyl adjacent to an activating group) is 1. The van der Waals surface area contributed by atoms with Crippen molar-refractivity contribution >= 4 is 17.2 Å². The van der Waals surface area contributed by atoms with E-state index in [9.17, 15) is 4.79 Å². The molecule has 0 spiro atoms. The van der Waals surface area contributed by atoms with Gasteiger partial charge in [0.2, 0.25) is 5.91 Å². The molecule has 0 aliphatic carbocycles. The SMILES string of the molecule is CCN(Cc1cnn(C(C)C)c1)C(=O)Cc1ccsc1. The van der Waals surface area contributed by atoms with Crippen molar-refractivity contribution < 1.29 is 4.79 Å². The largest absolute Gasteiger partial charge is 0.338 e. The second-order valence-electron chi connectivity index (χ2n) is 5.14. The van der Waals surface area contributed by atoms with Gasteiger partial charge in [-0.2, -0.15) is 16.4 Å². The summed E-state index contributed by atoms with van der Waals surface area (Å²) in [5.74, 6) is 0.170. The quantitative estimate of drug-likeness (QED) is 0.820. The first-order chi connectivity index (χ1) is 9.60. The standard InChI is InChI=1S/C15H21N3OS/c1-4-17(15(19)7-13-5-6-20-11-13)9-14-8-16-18(10-14)12(2)3/h5-6,8,10-12H,4,7,9H2,1-3H3. The van der Waals surface area contributed by atoms with Crippen molar-refractivity contribution in [2.45, 2.75) is 39.8 Å². The molecule has 0 aliphatic heterocycles. The topological polar surface area (TPSA) is 38.1 Å². The van der Waals surface area contributed by atoms with Gasteiger partial charge in [0.15, 0.2) is 0 Å². The van der Waals surface area contributed by atoms with Crippen molar-refractivity contribution in [3.8, 4) is 0 Å². The van der Waals surface area contributed by atoms with Crippen molar-refractivity contribution in [3.05, 3.63) is 40.3 Å². The molecule has 0 unspecified atom stereocenters. The van der Waals surface area contributed by atoms with Crippen LogP contribution in [0.5, 0.6) is 0 Å². The molecule has 0 radical (unpaired) electrons. The molecule has 0 atom stereocenters. The fourth-order valence-corrected chi connectivity index (χ4v) is 2.69. The molecule has 4 nitrogen and oxygen atoms in total. The van der Waals surface area contributed by atoms with Gasteiger partial charge in [0, 0.05) is 30.9 Å².